The molecule has 3 nitrogen and oxygen atoms in total. The summed E-state index contributed by atoms with van der Waals surface area (Å²) in [7, 11) is -1.61. The van der Waals surface area contributed by atoms with E-state index in [1.165, 1.54) is 6.07 Å². The van der Waals surface area contributed by atoms with Gasteiger partial charge in [0.15, 0.2) is 0 Å². The zero-order valence-corrected chi connectivity index (χ0v) is 10.8. The van der Waals surface area contributed by atoms with Crippen molar-refractivity contribution in [3.05, 3.63) is 29.6 Å². The Morgan fingerprint density at radius 1 is 1.33 bits per heavy atom. The first-order valence-electron chi connectivity index (χ1n) is 6.00. The molecule has 2 N–H and O–H groups in total. The van der Waals surface area contributed by atoms with Crippen LogP contribution in [0.25, 0.3) is 0 Å². The smallest absolute Gasteiger partial charge is 0.423 e. The van der Waals surface area contributed by atoms with Crippen LogP contribution in [-0.2, 0) is 10.5 Å². The van der Waals surface area contributed by atoms with Gasteiger partial charge in [0, 0.05) is 24.2 Å². The SMILES string of the molecule is OB(O)c1ccc(CSC2CCOCC2)c(F)c1. The molecule has 98 valence electrons. The fourth-order valence-electron chi connectivity index (χ4n) is 1.89. The predicted molar refractivity (Wildman–Crippen MR) is 71.4 cm³/mol. The van der Waals surface area contributed by atoms with Gasteiger partial charge in [0.05, 0.1) is 0 Å². The molecular weight excluding hydrogens is 254 g/mol. The van der Waals surface area contributed by atoms with E-state index in [2.05, 4.69) is 0 Å². The van der Waals surface area contributed by atoms with Crippen LogP contribution in [0.1, 0.15) is 18.4 Å². The standard InChI is InChI=1S/C12H16BFO3S/c14-12-7-10(13(15)16)2-1-9(12)8-18-11-3-5-17-6-4-11/h1-2,7,11,15-16H,3-6,8H2. The van der Waals surface area contributed by atoms with Crippen molar-refractivity contribution >= 4 is 24.3 Å². The minimum Gasteiger partial charge on any atom is -0.423 e. The molecule has 0 bridgehead atoms. The summed E-state index contributed by atoms with van der Waals surface area (Å²) in [6, 6.07) is 4.36. The number of halogens is 1. The maximum atomic E-state index is 13.7. The summed E-state index contributed by atoms with van der Waals surface area (Å²) in [5, 5.41) is 18.4. The topological polar surface area (TPSA) is 49.7 Å². The predicted octanol–water partition coefficient (Wildman–Crippen LogP) is 0.918. The van der Waals surface area contributed by atoms with E-state index in [1.807, 2.05) is 0 Å². The Morgan fingerprint density at radius 2 is 2.06 bits per heavy atom. The van der Waals surface area contributed by atoms with Crippen LogP contribution >= 0.6 is 11.8 Å². The van der Waals surface area contributed by atoms with Crippen molar-refractivity contribution < 1.29 is 19.2 Å². The highest BCUT2D eigenvalue weighted by Gasteiger charge is 2.16. The van der Waals surface area contributed by atoms with Crippen molar-refractivity contribution in [3.8, 4) is 0 Å². The molecule has 1 aromatic rings. The highest BCUT2D eigenvalue weighted by atomic mass is 32.2. The van der Waals surface area contributed by atoms with Gasteiger partial charge in [-0.25, -0.2) is 4.39 Å². The van der Waals surface area contributed by atoms with E-state index in [-0.39, 0.29) is 11.3 Å². The second kappa shape index (κ2) is 6.56. The third-order valence-electron chi connectivity index (χ3n) is 3.02. The molecular formula is C12H16BFO3S. The number of hydrogen-bond donors (Lipinski definition) is 2. The Kier molecular flexibility index (Phi) is 5.06. The van der Waals surface area contributed by atoms with Crippen LogP contribution in [0.2, 0.25) is 0 Å². The summed E-state index contributed by atoms with van der Waals surface area (Å²) in [6.45, 7) is 1.57. The molecule has 1 fully saturated rings. The van der Waals surface area contributed by atoms with Crippen molar-refractivity contribution in [2.75, 3.05) is 13.2 Å². The average molecular weight is 270 g/mol. The van der Waals surface area contributed by atoms with Gasteiger partial charge in [0.2, 0.25) is 0 Å². The molecule has 0 unspecified atom stereocenters. The van der Waals surface area contributed by atoms with Gasteiger partial charge in [-0.3, -0.25) is 0 Å². The summed E-state index contributed by atoms with van der Waals surface area (Å²) < 4.78 is 19.0. The molecule has 2 rings (SSSR count). The van der Waals surface area contributed by atoms with Gasteiger partial charge in [-0.2, -0.15) is 11.8 Å². The molecule has 0 aliphatic carbocycles. The summed E-state index contributed by atoms with van der Waals surface area (Å²) in [5.74, 6) is 0.235. The summed E-state index contributed by atoms with van der Waals surface area (Å²) in [5.41, 5.74) is 0.795. The third-order valence-corrected chi connectivity index (χ3v) is 4.44. The zero-order chi connectivity index (χ0) is 13.0. The molecule has 1 aromatic carbocycles. The van der Waals surface area contributed by atoms with Crippen LogP contribution in [0.15, 0.2) is 18.2 Å². The summed E-state index contributed by atoms with van der Waals surface area (Å²) >= 11 is 1.73. The first-order valence-corrected chi connectivity index (χ1v) is 7.05. The van der Waals surface area contributed by atoms with Crippen LogP contribution < -0.4 is 5.46 Å². The van der Waals surface area contributed by atoms with Gasteiger partial charge in [-0.15, -0.1) is 0 Å². The van der Waals surface area contributed by atoms with E-state index < -0.39 is 7.12 Å². The molecule has 0 atom stereocenters. The lowest BCUT2D eigenvalue weighted by Crippen LogP contribution is -2.30. The number of thioether (sulfide) groups is 1. The molecule has 6 heteroatoms. The van der Waals surface area contributed by atoms with E-state index >= 15 is 0 Å². The lowest BCUT2D eigenvalue weighted by molar-refractivity contribution is 0.1000. The second-order valence-electron chi connectivity index (χ2n) is 4.35. The molecule has 0 amide bonds. The monoisotopic (exact) mass is 270 g/mol. The number of ether oxygens (including phenoxy) is 1. The van der Waals surface area contributed by atoms with Crippen LogP contribution in [-0.4, -0.2) is 35.6 Å². The normalized spacial score (nSPS) is 16.8. The quantitative estimate of drug-likeness (QED) is 0.799. The first kappa shape index (κ1) is 13.9. The van der Waals surface area contributed by atoms with Gasteiger partial charge in [0.25, 0.3) is 0 Å². The highest BCUT2D eigenvalue weighted by Crippen LogP contribution is 2.26. The summed E-state index contributed by atoms with van der Waals surface area (Å²) in [6.07, 6.45) is 2.03. The highest BCUT2D eigenvalue weighted by molar-refractivity contribution is 7.99. The molecule has 0 saturated carbocycles. The van der Waals surface area contributed by atoms with Gasteiger partial charge in [-0.1, -0.05) is 12.1 Å². The van der Waals surface area contributed by atoms with Crippen LogP contribution in [0.4, 0.5) is 4.39 Å². The van der Waals surface area contributed by atoms with Crippen LogP contribution in [0, 0.1) is 5.82 Å². The lowest BCUT2D eigenvalue weighted by atomic mass is 9.80. The number of benzene rings is 1. The van der Waals surface area contributed by atoms with E-state index in [4.69, 9.17) is 14.8 Å². The van der Waals surface area contributed by atoms with Gasteiger partial charge < -0.3 is 14.8 Å². The Hall–Kier alpha value is -0.555. The Bertz CT molecular complexity index is 397. The van der Waals surface area contributed by atoms with Gasteiger partial charge in [0.1, 0.15) is 5.82 Å². The molecule has 18 heavy (non-hydrogen) atoms. The van der Waals surface area contributed by atoms with Crippen molar-refractivity contribution in [1.82, 2.24) is 0 Å². The second-order valence-corrected chi connectivity index (χ2v) is 5.64. The number of hydrogen-bond acceptors (Lipinski definition) is 4. The average Bonchev–Trinajstić information content (AvgIpc) is 2.38. The van der Waals surface area contributed by atoms with Gasteiger partial charge in [-0.05, 0) is 29.9 Å². The molecule has 1 heterocycles. The van der Waals surface area contributed by atoms with Gasteiger partial charge >= 0.3 is 7.12 Å². The summed E-state index contributed by atoms with van der Waals surface area (Å²) in [4.78, 5) is 0. The largest absolute Gasteiger partial charge is 0.488 e. The van der Waals surface area contributed by atoms with E-state index in [1.54, 1.807) is 23.9 Å². The third kappa shape index (κ3) is 3.72. The van der Waals surface area contributed by atoms with Crippen LogP contribution in [0.5, 0.6) is 0 Å². The Morgan fingerprint density at radius 3 is 2.67 bits per heavy atom. The minimum atomic E-state index is -1.61. The Balaban J connectivity index is 1.92. The zero-order valence-electron chi connectivity index (χ0n) is 10.0. The molecule has 0 aromatic heterocycles. The maximum Gasteiger partial charge on any atom is 0.488 e. The molecule has 0 spiro atoms. The lowest BCUT2D eigenvalue weighted by Gasteiger charge is -2.21. The fraction of sp³-hybridized carbons (Fsp3) is 0.500. The van der Waals surface area contributed by atoms with E-state index in [0.29, 0.717) is 16.6 Å². The molecule has 1 saturated heterocycles. The van der Waals surface area contributed by atoms with Crippen molar-refractivity contribution in [2.45, 2.75) is 23.8 Å². The molecule has 1 aliphatic rings. The maximum absolute atomic E-state index is 13.7. The number of rotatable bonds is 4. The van der Waals surface area contributed by atoms with Crippen LogP contribution in [0.3, 0.4) is 0 Å². The van der Waals surface area contributed by atoms with Crippen molar-refractivity contribution in [3.63, 3.8) is 0 Å². The molecule has 0 radical (unpaired) electrons. The van der Waals surface area contributed by atoms with E-state index in [9.17, 15) is 4.39 Å². The van der Waals surface area contributed by atoms with Crippen molar-refractivity contribution in [2.24, 2.45) is 0 Å². The van der Waals surface area contributed by atoms with Crippen molar-refractivity contribution in [1.29, 1.82) is 0 Å². The molecule has 1 aliphatic heterocycles. The van der Waals surface area contributed by atoms with E-state index in [0.717, 1.165) is 26.1 Å². The Labute approximate surface area is 110 Å². The fourth-order valence-corrected chi connectivity index (χ4v) is 3.07. The minimum absolute atomic E-state index is 0.187. The first-order chi connectivity index (χ1) is 8.66.